The monoisotopic (exact) mass is 423 g/mol. The summed E-state index contributed by atoms with van der Waals surface area (Å²) in [7, 11) is 0. The Morgan fingerprint density at radius 3 is 2.83 bits per heavy atom. The SMILES string of the molecule is O=C(CCc1ccccc1)N1CC[C@H](c2cc(CCOc3cccc(Cl)c3)[nH]n2)C1. The molecule has 1 aromatic heterocycles. The van der Waals surface area contributed by atoms with Crippen molar-refractivity contribution in [1.82, 2.24) is 15.1 Å². The second-order valence-electron chi connectivity index (χ2n) is 7.68. The Labute approximate surface area is 182 Å². The molecule has 1 aliphatic rings. The average Bonchev–Trinajstić information content (AvgIpc) is 3.43. The van der Waals surface area contributed by atoms with Crippen LogP contribution in [-0.2, 0) is 17.6 Å². The van der Waals surface area contributed by atoms with Crippen LogP contribution in [-0.4, -0.2) is 40.7 Å². The lowest BCUT2D eigenvalue weighted by Crippen LogP contribution is -2.28. The molecule has 0 saturated carbocycles. The number of H-pyrrole nitrogens is 1. The fourth-order valence-electron chi connectivity index (χ4n) is 3.83. The number of halogens is 1. The molecule has 5 nitrogen and oxygen atoms in total. The first-order chi connectivity index (χ1) is 14.7. The van der Waals surface area contributed by atoms with Crippen LogP contribution in [0.4, 0.5) is 0 Å². The minimum atomic E-state index is 0.229. The predicted octanol–water partition coefficient (Wildman–Crippen LogP) is 4.63. The Bertz CT molecular complexity index is 973. The molecule has 2 heterocycles. The molecule has 3 aromatic rings. The molecule has 0 unspecified atom stereocenters. The van der Waals surface area contributed by atoms with Gasteiger partial charge in [0.15, 0.2) is 0 Å². The highest BCUT2D eigenvalue weighted by atomic mass is 35.5. The van der Waals surface area contributed by atoms with Gasteiger partial charge in [0.25, 0.3) is 0 Å². The molecule has 1 amide bonds. The number of ether oxygens (including phenoxy) is 1. The number of benzene rings is 2. The van der Waals surface area contributed by atoms with Crippen LogP contribution in [0.25, 0.3) is 0 Å². The number of nitrogens with one attached hydrogen (secondary N) is 1. The van der Waals surface area contributed by atoms with Crippen molar-refractivity contribution < 1.29 is 9.53 Å². The van der Waals surface area contributed by atoms with Crippen LogP contribution in [0.2, 0.25) is 5.02 Å². The van der Waals surface area contributed by atoms with Crippen LogP contribution >= 0.6 is 11.6 Å². The summed E-state index contributed by atoms with van der Waals surface area (Å²) >= 11 is 5.98. The van der Waals surface area contributed by atoms with Crippen LogP contribution in [0.5, 0.6) is 5.75 Å². The Balaban J connectivity index is 1.23. The summed E-state index contributed by atoms with van der Waals surface area (Å²) in [5.41, 5.74) is 3.28. The lowest BCUT2D eigenvalue weighted by molar-refractivity contribution is -0.130. The highest BCUT2D eigenvalue weighted by Crippen LogP contribution is 2.27. The van der Waals surface area contributed by atoms with Gasteiger partial charge in [0.1, 0.15) is 5.75 Å². The zero-order valence-corrected chi connectivity index (χ0v) is 17.6. The minimum Gasteiger partial charge on any atom is -0.493 e. The summed E-state index contributed by atoms with van der Waals surface area (Å²) in [5, 5.41) is 8.26. The summed E-state index contributed by atoms with van der Waals surface area (Å²) < 4.78 is 5.75. The molecule has 6 heteroatoms. The van der Waals surface area contributed by atoms with E-state index in [4.69, 9.17) is 16.3 Å². The minimum absolute atomic E-state index is 0.229. The van der Waals surface area contributed by atoms with E-state index in [1.807, 2.05) is 47.4 Å². The molecule has 0 aliphatic carbocycles. The number of amides is 1. The second-order valence-corrected chi connectivity index (χ2v) is 8.12. The van der Waals surface area contributed by atoms with E-state index in [9.17, 15) is 4.79 Å². The van der Waals surface area contributed by atoms with Crippen LogP contribution in [0.3, 0.4) is 0 Å². The maximum atomic E-state index is 12.6. The molecule has 1 aliphatic heterocycles. The Hall–Kier alpha value is -2.79. The predicted molar refractivity (Wildman–Crippen MR) is 118 cm³/mol. The van der Waals surface area contributed by atoms with Crippen molar-refractivity contribution in [3.05, 3.63) is 82.6 Å². The molecule has 4 rings (SSSR count). The van der Waals surface area contributed by atoms with Gasteiger partial charge in [-0.05, 0) is 42.7 Å². The lowest BCUT2D eigenvalue weighted by atomic mass is 10.0. The molecule has 0 spiro atoms. The van der Waals surface area contributed by atoms with Gasteiger partial charge in [-0.1, -0.05) is 48.0 Å². The number of carbonyl (C=O) groups is 1. The van der Waals surface area contributed by atoms with Gasteiger partial charge in [0.05, 0.1) is 12.3 Å². The maximum Gasteiger partial charge on any atom is 0.222 e. The topological polar surface area (TPSA) is 58.2 Å². The molecule has 2 aromatic carbocycles. The summed E-state index contributed by atoms with van der Waals surface area (Å²) in [5.74, 6) is 1.29. The fraction of sp³-hybridized carbons (Fsp3) is 0.333. The summed E-state index contributed by atoms with van der Waals surface area (Å²) in [6.45, 7) is 2.10. The number of likely N-dealkylation sites (tertiary alicyclic amines) is 1. The number of aromatic amines is 1. The first kappa shape index (κ1) is 20.5. The maximum absolute atomic E-state index is 12.6. The molecule has 0 bridgehead atoms. The highest BCUT2D eigenvalue weighted by Gasteiger charge is 2.28. The third kappa shape index (κ3) is 5.42. The first-order valence-electron chi connectivity index (χ1n) is 10.4. The standard InChI is InChI=1S/C24H26ClN3O2/c25-20-7-4-8-22(15-20)30-14-12-21-16-23(27-26-21)19-11-13-28(17-19)24(29)10-9-18-5-2-1-3-6-18/h1-8,15-16,19H,9-14,17H2,(H,26,27)/t19-/m0/s1. The largest absolute Gasteiger partial charge is 0.493 e. The van der Waals surface area contributed by atoms with Gasteiger partial charge in [-0.2, -0.15) is 5.10 Å². The van der Waals surface area contributed by atoms with Crippen molar-refractivity contribution in [2.24, 2.45) is 0 Å². The Morgan fingerprint density at radius 2 is 2.00 bits per heavy atom. The fourth-order valence-corrected chi connectivity index (χ4v) is 4.01. The summed E-state index contributed by atoms with van der Waals surface area (Å²) in [6, 6.07) is 19.7. The highest BCUT2D eigenvalue weighted by molar-refractivity contribution is 6.30. The van der Waals surface area contributed by atoms with E-state index >= 15 is 0 Å². The van der Waals surface area contributed by atoms with E-state index in [-0.39, 0.29) is 5.91 Å². The molecule has 30 heavy (non-hydrogen) atoms. The summed E-state index contributed by atoms with van der Waals surface area (Å²) in [6.07, 6.45) is 3.05. The number of rotatable bonds is 8. The van der Waals surface area contributed by atoms with Gasteiger partial charge in [-0.25, -0.2) is 0 Å². The van der Waals surface area contributed by atoms with Crippen LogP contribution in [0.15, 0.2) is 60.7 Å². The zero-order valence-electron chi connectivity index (χ0n) is 16.9. The Morgan fingerprint density at radius 1 is 1.13 bits per heavy atom. The molecule has 1 N–H and O–H groups in total. The van der Waals surface area contributed by atoms with Crippen molar-refractivity contribution in [3.8, 4) is 5.75 Å². The number of hydrogen-bond donors (Lipinski definition) is 1. The number of hydrogen-bond acceptors (Lipinski definition) is 3. The van der Waals surface area contributed by atoms with Crippen LogP contribution < -0.4 is 4.74 Å². The molecular formula is C24H26ClN3O2. The molecule has 1 fully saturated rings. The van der Waals surface area contributed by atoms with Crippen LogP contribution in [0, 0.1) is 0 Å². The number of aryl methyl sites for hydroxylation is 1. The van der Waals surface area contributed by atoms with Crippen molar-refractivity contribution in [1.29, 1.82) is 0 Å². The van der Waals surface area contributed by atoms with E-state index in [2.05, 4.69) is 28.4 Å². The van der Waals surface area contributed by atoms with Gasteiger partial charge in [-0.3, -0.25) is 9.89 Å². The third-order valence-electron chi connectivity index (χ3n) is 5.52. The van der Waals surface area contributed by atoms with Gasteiger partial charge < -0.3 is 9.64 Å². The first-order valence-corrected chi connectivity index (χ1v) is 10.8. The van der Waals surface area contributed by atoms with E-state index in [0.717, 1.165) is 49.5 Å². The van der Waals surface area contributed by atoms with Crippen molar-refractivity contribution in [3.63, 3.8) is 0 Å². The van der Waals surface area contributed by atoms with Gasteiger partial charge in [0, 0.05) is 42.6 Å². The normalized spacial score (nSPS) is 16.0. The zero-order chi connectivity index (χ0) is 20.8. The van der Waals surface area contributed by atoms with Crippen LogP contribution in [0.1, 0.15) is 35.7 Å². The molecular weight excluding hydrogens is 398 g/mol. The second kappa shape index (κ2) is 9.81. The Kier molecular flexibility index (Phi) is 6.70. The molecule has 1 atom stereocenters. The van der Waals surface area contributed by atoms with Gasteiger partial charge >= 0.3 is 0 Å². The smallest absolute Gasteiger partial charge is 0.222 e. The molecule has 1 saturated heterocycles. The number of aromatic nitrogens is 2. The third-order valence-corrected chi connectivity index (χ3v) is 5.75. The van der Waals surface area contributed by atoms with Crippen molar-refractivity contribution in [2.45, 2.75) is 31.6 Å². The van der Waals surface area contributed by atoms with Gasteiger partial charge in [-0.15, -0.1) is 0 Å². The lowest BCUT2D eigenvalue weighted by Gasteiger charge is -2.16. The van der Waals surface area contributed by atoms with Crippen molar-refractivity contribution in [2.75, 3.05) is 19.7 Å². The van der Waals surface area contributed by atoms with Crippen molar-refractivity contribution >= 4 is 17.5 Å². The van der Waals surface area contributed by atoms with E-state index in [0.29, 0.717) is 24.0 Å². The molecule has 156 valence electrons. The van der Waals surface area contributed by atoms with E-state index in [1.54, 1.807) is 0 Å². The quantitative estimate of drug-likeness (QED) is 0.574. The van der Waals surface area contributed by atoms with E-state index < -0.39 is 0 Å². The average molecular weight is 424 g/mol. The number of carbonyl (C=O) groups excluding carboxylic acids is 1. The number of nitrogens with zero attached hydrogens (tertiary/aromatic N) is 2. The van der Waals surface area contributed by atoms with E-state index in [1.165, 1.54) is 5.56 Å². The summed E-state index contributed by atoms with van der Waals surface area (Å²) in [4.78, 5) is 14.5. The van der Waals surface area contributed by atoms with Gasteiger partial charge in [0.2, 0.25) is 5.91 Å². The molecule has 0 radical (unpaired) electrons.